The zero-order valence-electron chi connectivity index (χ0n) is 9.09. The predicted molar refractivity (Wildman–Crippen MR) is 65.3 cm³/mol. The molecule has 0 aliphatic rings. The molecule has 0 radical (unpaired) electrons. The van der Waals surface area contributed by atoms with E-state index in [0.29, 0.717) is 6.54 Å². The van der Waals surface area contributed by atoms with E-state index in [-0.39, 0.29) is 5.25 Å². The second-order valence-corrected chi connectivity index (χ2v) is 4.71. The summed E-state index contributed by atoms with van der Waals surface area (Å²) in [5, 5.41) is 0.249. The van der Waals surface area contributed by atoms with Gasteiger partial charge >= 0.3 is 0 Å². The van der Waals surface area contributed by atoms with Crippen molar-refractivity contribution in [3.05, 3.63) is 48.2 Å². The van der Waals surface area contributed by atoms with Crippen LogP contribution in [0.3, 0.4) is 0 Å². The molecular weight excluding hydrogens is 220 g/mol. The second kappa shape index (κ2) is 5.18. The Morgan fingerprint density at radius 1 is 1.38 bits per heavy atom. The average molecular weight is 234 g/mol. The second-order valence-electron chi connectivity index (χ2n) is 3.46. The molecule has 0 aromatic carbocycles. The molecule has 2 heterocycles. The van der Waals surface area contributed by atoms with Gasteiger partial charge in [-0.3, -0.25) is 4.98 Å². The molecule has 0 saturated carbocycles. The number of nitrogens with two attached hydrogens (primary N) is 1. The molecule has 2 aromatic rings. The Bertz CT molecular complexity index is 441. The fourth-order valence-corrected chi connectivity index (χ4v) is 2.52. The normalized spacial score (nSPS) is 12.6. The Hall–Kier alpha value is -1.26. The first-order chi connectivity index (χ1) is 7.81. The molecule has 84 valence electrons. The van der Waals surface area contributed by atoms with Gasteiger partial charge in [0.05, 0.1) is 6.26 Å². The van der Waals surface area contributed by atoms with Crippen molar-refractivity contribution in [1.29, 1.82) is 0 Å². The molecule has 1 atom stereocenters. The SMILES string of the molecule is Cc1occc1SC(CN)c1ccncc1. The van der Waals surface area contributed by atoms with E-state index in [9.17, 15) is 0 Å². The van der Waals surface area contributed by atoms with Crippen LogP contribution in [0.1, 0.15) is 16.6 Å². The summed E-state index contributed by atoms with van der Waals surface area (Å²) in [6.07, 6.45) is 5.29. The molecule has 4 heteroatoms. The smallest absolute Gasteiger partial charge is 0.114 e. The van der Waals surface area contributed by atoms with E-state index >= 15 is 0 Å². The largest absolute Gasteiger partial charge is 0.468 e. The molecule has 1 unspecified atom stereocenters. The van der Waals surface area contributed by atoms with Gasteiger partial charge in [0.2, 0.25) is 0 Å². The molecule has 0 aliphatic carbocycles. The Kier molecular flexibility index (Phi) is 3.64. The van der Waals surface area contributed by atoms with E-state index in [1.165, 1.54) is 5.56 Å². The highest BCUT2D eigenvalue weighted by Gasteiger charge is 2.13. The van der Waals surface area contributed by atoms with Crippen LogP contribution in [0.2, 0.25) is 0 Å². The van der Waals surface area contributed by atoms with Gasteiger partial charge in [0.25, 0.3) is 0 Å². The van der Waals surface area contributed by atoms with Gasteiger partial charge in [-0.05, 0) is 30.7 Å². The van der Waals surface area contributed by atoms with E-state index in [4.69, 9.17) is 10.2 Å². The van der Waals surface area contributed by atoms with E-state index in [2.05, 4.69) is 4.98 Å². The van der Waals surface area contributed by atoms with Crippen molar-refractivity contribution in [2.45, 2.75) is 17.1 Å². The van der Waals surface area contributed by atoms with Crippen molar-refractivity contribution < 1.29 is 4.42 Å². The van der Waals surface area contributed by atoms with Crippen molar-refractivity contribution in [3.63, 3.8) is 0 Å². The molecule has 0 fully saturated rings. The molecule has 0 aliphatic heterocycles. The molecule has 0 saturated heterocycles. The van der Waals surface area contributed by atoms with Crippen LogP contribution in [0.5, 0.6) is 0 Å². The van der Waals surface area contributed by atoms with Crippen molar-refractivity contribution in [2.24, 2.45) is 5.73 Å². The molecule has 2 N–H and O–H groups in total. The summed E-state index contributed by atoms with van der Waals surface area (Å²) >= 11 is 1.73. The Labute approximate surface area is 99.1 Å². The number of rotatable bonds is 4. The zero-order valence-corrected chi connectivity index (χ0v) is 9.91. The van der Waals surface area contributed by atoms with Crippen LogP contribution in [0.15, 0.2) is 46.2 Å². The fraction of sp³-hybridized carbons (Fsp3) is 0.250. The maximum atomic E-state index is 5.80. The maximum Gasteiger partial charge on any atom is 0.114 e. The van der Waals surface area contributed by atoms with Gasteiger partial charge in [0, 0.05) is 29.1 Å². The lowest BCUT2D eigenvalue weighted by Crippen LogP contribution is -2.09. The van der Waals surface area contributed by atoms with Gasteiger partial charge in [-0.15, -0.1) is 11.8 Å². The van der Waals surface area contributed by atoms with Crippen molar-refractivity contribution in [1.82, 2.24) is 4.98 Å². The number of pyridine rings is 1. The first-order valence-corrected chi connectivity index (χ1v) is 6.00. The molecule has 2 aromatic heterocycles. The highest BCUT2D eigenvalue weighted by atomic mass is 32.2. The van der Waals surface area contributed by atoms with Crippen molar-refractivity contribution in [2.75, 3.05) is 6.54 Å². The summed E-state index contributed by atoms with van der Waals surface area (Å²) in [6, 6.07) is 5.98. The average Bonchev–Trinajstić information content (AvgIpc) is 2.73. The van der Waals surface area contributed by atoms with Crippen LogP contribution in [0, 0.1) is 6.92 Å². The highest BCUT2D eigenvalue weighted by molar-refractivity contribution is 7.99. The predicted octanol–water partition coefficient (Wildman–Crippen LogP) is 2.78. The van der Waals surface area contributed by atoms with Gasteiger partial charge < -0.3 is 10.2 Å². The number of thioether (sulfide) groups is 1. The summed E-state index contributed by atoms with van der Waals surface area (Å²) in [7, 11) is 0. The van der Waals surface area contributed by atoms with E-state index in [1.54, 1.807) is 30.4 Å². The number of aryl methyl sites for hydroxylation is 1. The first kappa shape index (κ1) is 11.2. The molecular formula is C12H14N2OS. The summed E-state index contributed by atoms with van der Waals surface area (Å²) in [4.78, 5) is 5.15. The van der Waals surface area contributed by atoms with Crippen molar-refractivity contribution >= 4 is 11.8 Å². The van der Waals surface area contributed by atoms with Crippen LogP contribution in [0.4, 0.5) is 0 Å². The minimum Gasteiger partial charge on any atom is -0.468 e. The molecule has 2 rings (SSSR count). The summed E-state index contributed by atoms with van der Waals surface area (Å²) in [5.41, 5.74) is 7.00. The van der Waals surface area contributed by atoms with Crippen LogP contribution in [-0.2, 0) is 0 Å². The van der Waals surface area contributed by atoms with Crippen LogP contribution in [-0.4, -0.2) is 11.5 Å². The Morgan fingerprint density at radius 2 is 2.12 bits per heavy atom. The summed E-state index contributed by atoms with van der Waals surface area (Å²) < 4.78 is 5.27. The van der Waals surface area contributed by atoms with E-state index in [0.717, 1.165) is 10.7 Å². The Morgan fingerprint density at radius 3 is 2.69 bits per heavy atom. The molecule has 16 heavy (non-hydrogen) atoms. The third kappa shape index (κ3) is 2.46. The molecule has 0 spiro atoms. The lowest BCUT2D eigenvalue weighted by atomic mass is 10.2. The van der Waals surface area contributed by atoms with Crippen molar-refractivity contribution in [3.8, 4) is 0 Å². The fourth-order valence-electron chi connectivity index (χ4n) is 1.48. The van der Waals surface area contributed by atoms with Crippen LogP contribution >= 0.6 is 11.8 Å². The Balaban J connectivity index is 2.16. The van der Waals surface area contributed by atoms with Crippen LogP contribution in [0.25, 0.3) is 0 Å². The van der Waals surface area contributed by atoms with E-state index in [1.807, 2.05) is 25.1 Å². The minimum absolute atomic E-state index is 0.249. The van der Waals surface area contributed by atoms with Crippen LogP contribution < -0.4 is 5.73 Å². The van der Waals surface area contributed by atoms with E-state index < -0.39 is 0 Å². The quantitative estimate of drug-likeness (QED) is 0.826. The standard InChI is InChI=1S/C12H14N2OS/c1-9-11(4-7-15-9)16-12(8-13)10-2-5-14-6-3-10/h2-7,12H,8,13H2,1H3. The lowest BCUT2D eigenvalue weighted by molar-refractivity contribution is 0.526. The number of furan rings is 1. The monoisotopic (exact) mass is 234 g/mol. The third-order valence-electron chi connectivity index (χ3n) is 2.37. The van der Waals surface area contributed by atoms with Gasteiger partial charge in [0.1, 0.15) is 5.76 Å². The number of nitrogens with zero attached hydrogens (tertiary/aromatic N) is 1. The zero-order chi connectivity index (χ0) is 11.4. The number of hydrogen-bond donors (Lipinski definition) is 1. The molecule has 0 bridgehead atoms. The third-order valence-corrected chi connectivity index (χ3v) is 3.80. The highest BCUT2D eigenvalue weighted by Crippen LogP contribution is 2.36. The first-order valence-electron chi connectivity index (χ1n) is 5.12. The summed E-state index contributed by atoms with van der Waals surface area (Å²) in [6.45, 7) is 2.56. The molecule has 3 nitrogen and oxygen atoms in total. The number of hydrogen-bond acceptors (Lipinski definition) is 4. The molecule has 0 amide bonds. The van der Waals surface area contributed by atoms with Gasteiger partial charge in [-0.2, -0.15) is 0 Å². The van der Waals surface area contributed by atoms with Gasteiger partial charge in [0.15, 0.2) is 0 Å². The topological polar surface area (TPSA) is 52.0 Å². The minimum atomic E-state index is 0.249. The van der Waals surface area contributed by atoms with Gasteiger partial charge in [-0.25, -0.2) is 0 Å². The summed E-state index contributed by atoms with van der Waals surface area (Å²) in [5.74, 6) is 0.942. The van der Waals surface area contributed by atoms with Gasteiger partial charge in [-0.1, -0.05) is 0 Å². The maximum absolute atomic E-state index is 5.80. The lowest BCUT2D eigenvalue weighted by Gasteiger charge is -2.13. The number of aromatic nitrogens is 1.